The van der Waals surface area contributed by atoms with E-state index in [-0.39, 0.29) is 40.7 Å². The number of H-pyrrole nitrogens is 1. The van der Waals surface area contributed by atoms with E-state index in [1.54, 1.807) is 0 Å². The summed E-state index contributed by atoms with van der Waals surface area (Å²) >= 11 is 0. The van der Waals surface area contributed by atoms with Crippen LogP contribution in [-0.2, 0) is 6.54 Å². The number of Topliss-reactive ketones (excluding diaryl/α,β-unsaturated/α-hetero) is 1. The summed E-state index contributed by atoms with van der Waals surface area (Å²) in [6.07, 6.45) is 1.26. The van der Waals surface area contributed by atoms with Gasteiger partial charge in [0.2, 0.25) is 0 Å². The Bertz CT molecular complexity index is 1290. The fourth-order valence-electron chi connectivity index (χ4n) is 4.07. The van der Waals surface area contributed by atoms with Gasteiger partial charge in [0, 0.05) is 36.7 Å². The maximum atomic E-state index is 13.1. The number of hydrogen-bond donors (Lipinski definition) is 1. The molecule has 0 atom stereocenters. The molecule has 0 amide bonds. The fraction of sp³-hybridized carbons (Fsp3) is 0.318. The van der Waals surface area contributed by atoms with Crippen LogP contribution in [0.15, 0.2) is 52.1 Å². The molecule has 166 valence electrons. The molecule has 1 aliphatic rings. The van der Waals surface area contributed by atoms with Gasteiger partial charge in [0.05, 0.1) is 15.8 Å². The molecule has 9 nitrogen and oxygen atoms in total. The summed E-state index contributed by atoms with van der Waals surface area (Å²) in [6.45, 7) is 1.82. The number of carbonyl (C=O) groups excluding carboxylic acids is 1. The quantitative estimate of drug-likeness (QED) is 0.357. The van der Waals surface area contributed by atoms with E-state index in [2.05, 4.69) is 9.88 Å². The van der Waals surface area contributed by atoms with Gasteiger partial charge in [-0.3, -0.25) is 24.3 Å². The highest BCUT2D eigenvalue weighted by atomic mass is 19.1. The molecule has 1 aromatic heterocycles. The first-order valence-corrected chi connectivity index (χ1v) is 10.3. The van der Waals surface area contributed by atoms with Crippen molar-refractivity contribution in [3.63, 3.8) is 0 Å². The highest BCUT2D eigenvalue weighted by Crippen LogP contribution is 2.22. The monoisotopic (exact) mass is 440 g/mol. The highest BCUT2D eigenvalue weighted by molar-refractivity contribution is 5.97. The van der Waals surface area contributed by atoms with Crippen LogP contribution in [0, 0.1) is 21.8 Å². The van der Waals surface area contributed by atoms with Gasteiger partial charge in [-0.1, -0.05) is 0 Å². The summed E-state index contributed by atoms with van der Waals surface area (Å²) in [4.78, 5) is 52.8. The number of rotatable bonds is 6. The van der Waals surface area contributed by atoms with Crippen molar-refractivity contribution in [3.8, 4) is 0 Å². The van der Waals surface area contributed by atoms with Crippen LogP contribution in [0.3, 0.4) is 0 Å². The number of fused-ring (bicyclic) bond motifs is 1. The maximum absolute atomic E-state index is 13.1. The zero-order valence-corrected chi connectivity index (χ0v) is 17.1. The van der Waals surface area contributed by atoms with E-state index < -0.39 is 16.2 Å². The number of halogens is 1. The van der Waals surface area contributed by atoms with E-state index in [1.165, 1.54) is 36.4 Å². The minimum Gasteiger partial charge on any atom is -0.307 e. The summed E-state index contributed by atoms with van der Waals surface area (Å²) in [5.74, 6) is -0.539. The van der Waals surface area contributed by atoms with Gasteiger partial charge in [-0.25, -0.2) is 9.18 Å². The van der Waals surface area contributed by atoms with Crippen molar-refractivity contribution in [3.05, 3.63) is 84.8 Å². The number of likely N-dealkylation sites (tertiary alicyclic amines) is 1. The van der Waals surface area contributed by atoms with Crippen molar-refractivity contribution in [2.45, 2.75) is 19.4 Å². The zero-order valence-electron chi connectivity index (χ0n) is 17.1. The molecule has 1 saturated heterocycles. The number of piperidine rings is 1. The third-order valence-corrected chi connectivity index (χ3v) is 5.90. The largest absolute Gasteiger partial charge is 0.328 e. The van der Waals surface area contributed by atoms with Gasteiger partial charge in [0.1, 0.15) is 5.82 Å². The Morgan fingerprint density at radius 3 is 2.44 bits per heavy atom. The molecule has 0 bridgehead atoms. The molecule has 10 heteroatoms. The average Bonchev–Trinajstić information content (AvgIpc) is 2.79. The lowest BCUT2D eigenvalue weighted by molar-refractivity contribution is -0.384. The number of nitrogens with one attached hydrogen (secondary N) is 1. The second kappa shape index (κ2) is 8.83. The molecule has 3 aromatic rings. The van der Waals surface area contributed by atoms with E-state index >= 15 is 0 Å². The summed E-state index contributed by atoms with van der Waals surface area (Å²) in [5, 5.41) is 11.1. The lowest BCUT2D eigenvalue weighted by Gasteiger charge is -2.31. The van der Waals surface area contributed by atoms with Crippen LogP contribution in [0.25, 0.3) is 10.9 Å². The van der Waals surface area contributed by atoms with Crippen molar-refractivity contribution in [1.82, 2.24) is 14.5 Å². The molecule has 0 spiro atoms. The lowest BCUT2D eigenvalue weighted by Crippen LogP contribution is -2.42. The molecule has 1 aliphatic heterocycles. The molecule has 0 unspecified atom stereocenters. The molecular formula is C22H21FN4O5. The van der Waals surface area contributed by atoms with Crippen LogP contribution in [0.2, 0.25) is 0 Å². The minimum absolute atomic E-state index is 0.00608. The SMILES string of the molecule is O=C(c1ccc(F)cc1)C1CCN(CCn2c(=O)[nH]c3ccc([N+](=O)[O-])cc3c2=O)CC1. The molecule has 0 aliphatic carbocycles. The fourth-order valence-corrected chi connectivity index (χ4v) is 4.07. The molecule has 1 fully saturated rings. The molecule has 2 heterocycles. The van der Waals surface area contributed by atoms with Gasteiger partial charge >= 0.3 is 5.69 Å². The van der Waals surface area contributed by atoms with Crippen molar-refractivity contribution >= 4 is 22.4 Å². The Balaban J connectivity index is 1.42. The zero-order chi connectivity index (χ0) is 22.8. The van der Waals surface area contributed by atoms with Crippen LogP contribution in [-0.4, -0.2) is 44.8 Å². The molecular weight excluding hydrogens is 419 g/mol. The number of carbonyl (C=O) groups is 1. The molecule has 1 N–H and O–H groups in total. The first kappa shape index (κ1) is 21.6. The normalized spacial score (nSPS) is 15.2. The van der Waals surface area contributed by atoms with Gasteiger partial charge < -0.3 is 9.88 Å². The number of non-ortho nitro benzene ring substituents is 1. The molecule has 0 radical (unpaired) electrons. The second-order valence-corrected chi connectivity index (χ2v) is 7.86. The topological polar surface area (TPSA) is 118 Å². The van der Waals surface area contributed by atoms with E-state index in [0.717, 1.165) is 10.6 Å². The number of nitro groups is 1. The van der Waals surface area contributed by atoms with Crippen LogP contribution in [0.1, 0.15) is 23.2 Å². The van der Waals surface area contributed by atoms with Crippen molar-refractivity contribution in [2.24, 2.45) is 5.92 Å². The van der Waals surface area contributed by atoms with Gasteiger partial charge in [-0.15, -0.1) is 0 Å². The summed E-state index contributed by atoms with van der Waals surface area (Å²) < 4.78 is 14.1. The van der Waals surface area contributed by atoms with E-state index in [0.29, 0.717) is 38.0 Å². The van der Waals surface area contributed by atoms with Gasteiger partial charge in [0.25, 0.3) is 11.2 Å². The van der Waals surface area contributed by atoms with Crippen molar-refractivity contribution in [1.29, 1.82) is 0 Å². The second-order valence-electron chi connectivity index (χ2n) is 7.86. The van der Waals surface area contributed by atoms with E-state index in [1.807, 2.05) is 0 Å². The Kier molecular flexibility index (Phi) is 5.95. The van der Waals surface area contributed by atoms with Gasteiger partial charge in [-0.2, -0.15) is 0 Å². The summed E-state index contributed by atoms with van der Waals surface area (Å²) in [5.41, 5.74) is -0.622. The standard InChI is InChI=1S/C22H21FN4O5/c23-16-3-1-14(2-4-16)20(28)15-7-9-25(10-8-15)11-12-26-21(29)18-13-17(27(31)32)5-6-19(18)24-22(26)30/h1-6,13,15H,7-12H2,(H,24,30). The summed E-state index contributed by atoms with van der Waals surface area (Å²) in [6, 6.07) is 9.28. The lowest BCUT2D eigenvalue weighted by atomic mass is 9.89. The van der Waals surface area contributed by atoms with Gasteiger partial charge in [-0.05, 0) is 56.3 Å². The van der Waals surface area contributed by atoms with Crippen LogP contribution >= 0.6 is 0 Å². The Labute approximate surface area is 181 Å². The molecule has 2 aromatic carbocycles. The highest BCUT2D eigenvalue weighted by Gasteiger charge is 2.26. The predicted octanol–water partition coefficient (Wildman–Crippen LogP) is 2.33. The van der Waals surface area contributed by atoms with E-state index in [9.17, 15) is 28.9 Å². The number of aromatic amines is 1. The van der Waals surface area contributed by atoms with E-state index in [4.69, 9.17) is 0 Å². The smallest absolute Gasteiger partial charge is 0.307 e. The number of hydrogen-bond acceptors (Lipinski definition) is 6. The minimum atomic E-state index is -0.592. The first-order chi connectivity index (χ1) is 15.3. The third kappa shape index (κ3) is 4.35. The number of ketones is 1. The first-order valence-electron chi connectivity index (χ1n) is 10.3. The number of benzene rings is 2. The predicted molar refractivity (Wildman–Crippen MR) is 115 cm³/mol. The van der Waals surface area contributed by atoms with Gasteiger partial charge in [0.15, 0.2) is 5.78 Å². The Morgan fingerprint density at radius 1 is 1.09 bits per heavy atom. The summed E-state index contributed by atoms with van der Waals surface area (Å²) in [7, 11) is 0. The van der Waals surface area contributed by atoms with Crippen molar-refractivity contribution < 1.29 is 14.1 Å². The van der Waals surface area contributed by atoms with Crippen LogP contribution in [0.5, 0.6) is 0 Å². The van der Waals surface area contributed by atoms with Crippen LogP contribution < -0.4 is 11.2 Å². The molecule has 32 heavy (non-hydrogen) atoms. The van der Waals surface area contributed by atoms with Crippen molar-refractivity contribution in [2.75, 3.05) is 19.6 Å². The third-order valence-electron chi connectivity index (χ3n) is 5.90. The Morgan fingerprint density at radius 2 is 1.78 bits per heavy atom. The number of aromatic nitrogens is 2. The maximum Gasteiger partial charge on any atom is 0.328 e. The van der Waals surface area contributed by atoms with Crippen LogP contribution in [0.4, 0.5) is 10.1 Å². The molecule has 0 saturated carbocycles. The average molecular weight is 440 g/mol. The molecule has 4 rings (SSSR count). The number of nitrogens with zero attached hydrogens (tertiary/aromatic N) is 3. The Hall–Kier alpha value is -3.66. The number of nitro benzene ring substituents is 1.